The first-order valence-corrected chi connectivity index (χ1v) is 6.81. The molecular formula is C13H11Cl2NS. The van der Waals surface area contributed by atoms with E-state index in [0.717, 1.165) is 26.4 Å². The smallest absolute Gasteiger partial charge is 0.0543 e. The van der Waals surface area contributed by atoms with Crippen LogP contribution in [0.3, 0.4) is 0 Å². The molecule has 0 saturated carbocycles. The zero-order valence-corrected chi connectivity index (χ0v) is 11.3. The highest BCUT2D eigenvalue weighted by Gasteiger charge is 2.02. The molecule has 0 fully saturated rings. The molecule has 0 aliphatic rings. The van der Waals surface area contributed by atoms with Gasteiger partial charge >= 0.3 is 0 Å². The summed E-state index contributed by atoms with van der Waals surface area (Å²) in [7, 11) is 0. The van der Waals surface area contributed by atoms with E-state index >= 15 is 0 Å². The van der Waals surface area contributed by atoms with Gasteiger partial charge in [-0.3, -0.25) is 0 Å². The molecule has 4 heteroatoms. The molecule has 2 aromatic rings. The molecule has 0 aliphatic heterocycles. The van der Waals surface area contributed by atoms with Gasteiger partial charge in [0.25, 0.3) is 0 Å². The normalized spacial score (nSPS) is 10.5. The summed E-state index contributed by atoms with van der Waals surface area (Å²) in [4.78, 5) is 0.992. The maximum atomic E-state index is 6.09. The highest BCUT2D eigenvalue weighted by Crippen LogP contribution is 2.31. The van der Waals surface area contributed by atoms with E-state index < -0.39 is 0 Å². The highest BCUT2D eigenvalue weighted by molar-refractivity contribution is 7.98. The lowest BCUT2D eigenvalue weighted by Gasteiger charge is -2.05. The van der Waals surface area contributed by atoms with Crippen LogP contribution in [0.25, 0.3) is 0 Å². The Kier molecular flexibility index (Phi) is 4.21. The number of anilines is 1. The molecule has 2 rings (SSSR count). The Bertz CT molecular complexity index is 529. The monoisotopic (exact) mass is 283 g/mol. The molecule has 88 valence electrons. The first-order valence-electron chi connectivity index (χ1n) is 5.07. The summed E-state index contributed by atoms with van der Waals surface area (Å²) >= 11 is 13.7. The average molecular weight is 284 g/mol. The number of nitrogen functional groups attached to an aromatic ring is 1. The van der Waals surface area contributed by atoms with Gasteiger partial charge in [-0.15, -0.1) is 11.8 Å². The highest BCUT2D eigenvalue weighted by atomic mass is 35.5. The average Bonchev–Trinajstić information content (AvgIpc) is 2.30. The standard InChI is InChI=1S/C13H11Cl2NS/c14-10-3-1-2-9(6-10)8-17-13-7-11(16)4-5-12(13)15/h1-7H,8,16H2. The van der Waals surface area contributed by atoms with Gasteiger partial charge in [-0.05, 0) is 35.9 Å². The fourth-order valence-electron chi connectivity index (χ4n) is 1.42. The number of hydrogen-bond donors (Lipinski definition) is 1. The van der Waals surface area contributed by atoms with E-state index in [1.165, 1.54) is 5.56 Å². The first-order chi connectivity index (χ1) is 8.15. The van der Waals surface area contributed by atoms with Crippen LogP contribution in [0, 0.1) is 0 Å². The number of hydrogen-bond acceptors (Lipinski definition) is 2. The SMILES string of the molecule is Nc1ccc(Cl)c(SCc2cccc(Cl)c2)c1. The minimum Gasteiger partial charge on any atom is -0.399 e. The van der Waals surface area contributed by atoms with Gasteiger partial charge in [0.1, 0.15) is 0 Å². The Balaban J connectivity index is 2.09. The zero-order chi connectivity index (χ0) is 12.3. The Labute approximate surface area is 115 Å². The maximum absolute atomic E-state index is 6.09. The van der Waals surface area contributed by atoms with Crippen molar-refractivity contribution < 1.29 is 0 Å². The van der Waals surface area contributed by atoms with Crippen LogP contribution >= 0.6 is 35.0 Å². The van der Waals surface area contributed by atoms with Crippen molar-refractivity contribution in [3.05, 3.63) is 58.1 Å². The summed E-state index contributed by atoms with van der Waals surface area (Å²) in [5.41, 5.74) is 7.62. The molecule has 17 heavy (non-hydrogen) atoms. The van der Waals surface area contributed by atoms with E-state index in [0.29, 0.717) is 0 Å². The minimum absolute atomic E-state index is 0.725. The summed E-state index contributed by atoms with van der Waals surface area (Å²) in [5.74, 6) is 0.823. The third kappa shape index (κ3) is 3.56. The topological polar surface area (TPSA) is 26.0 Å². The van der Waals surface area contributed by atoms with Gasteiger partial charge in [0.05, 0.1) is 5.02 Å². The number of benzene rings is 2. The molecule has 0 saturated heterocycles. The third-order valence-corrected chi connectivity index (χ3v) is 4.04. The molecule has 0 aromatic heterocycles. The van der Waals surface area contributed by atoms with Crippen LogP contribution in [-0.2, 0) is 5.75 Å². The Morgan fingerprint density at radius 1 is 1.06 bits per heavy atom. The second-order valence-electron chi connectivity index (χ2n) is 3.61. The van der Waals surface area contributed by atoms with Gasteiger partial charge in [0.15, 0.2) is 0 Å². The van der Waals surface area contributed by atoms with Crippen molar-refractivity contribution in [1.82, 2.24) is 0 Å². The fraction of sp³-hybridized carbons (Fsp3) is 0.0769. The van der Waals surface area contributed by atoms with Gasteiger partial charge in [0, 0.05) is 21.4 Å². The predicted molar refractivity (Wildman–Crippen MR) is 76.9 cm³/mol. The second-order valence-corrected chi connectivity index (χ2v) is 5.47. The van der Waals surface area contributed by atoms with Crippen LogP contribution in [0.4, 0.5) is 5.69 Å². The summed E-state index contributed by atoms with van der Waals surface area (Å²) in [6.45, 7) is 0. The fourth-order valence-corrected chi connectivity index (χ4v) is 2.84. The maximum Gasteiger partial charge on any atom is 0.0543 e. The lowest BCUT2D eigenvalue weighted by molar-refractivity contribution is 1.38. The van der Waals surface area contributed by atoms with E-state index in [-0.39, 0.29) is 0 Å². The van der Waals surface area contributed by atoms with Gasteiger partial charge < -0.3 is 5.73 Å². The lowest BCUT2D eigenvalue weighted by Crippen LogP contribution is -1.86. The van der Waals surface area contributed by atoms with Crippen molar-refractivity contribution >= 4 is 40.7 Å². The van der Waals surface area contributed by atoms with Gasteiger partial charge in [-0.1, -0.05) is 35.3 Å². The molecular weight excluding hydrogens is 273 g/mol. The Hall–Kier alpha value is -0.830. The summed E-state index contributed by atoms with van der Waals surface area (Å²) in [6, 6.07) is 13.3. The van der Waals surface area contributed by atoms with Gasteiger partial charge in [-0.25, -0.2) is 0 Å². The first kappa shape index (κ1) is 12.6. The van der Waals surface area contributed by atoms with Crippen molar-refractivity contribution in [2.75, 3.05) is 5.73 Å². The van der Waals surface area contributed by atoms with E-state index in [4.69, 9.17) is 28.9 Å². The Morgan fingerprint density at radius 2 is 1.88 bits per heavy atom. The van der Waals surface area contributed by atoms with Gasteiger partial charge in [-0.2, -0.15) is 0 Å². The lowest BCUT2D eigenvalue weighted by atomic mass is 10.2. The van der Waals surface area contributed by atoms with Crippen LogP contribution in [0.5, 0.6) is 0 Å². The predicted octanol–water partition coefficient (Wildman–Crippen LogP) is 4.87. The largest absolute Gasteiger partial charge is 0.399 e. The number of halogens is 2. The molecule has 0 spiro atoms. The zero-order valence-electron chi connectivity index (χ0n) is 8.99. The van der Waals surface area contributed by atoms with Crippen LogP contribution < -0.4 is 5.73 Å². The van der Waals surface area contributed by atoms with Crippen molar-refractivity contribution in [3.8, 4) is 0 Å². The minimum atomic E-state index is 0.725. The van der Waals surface area contributed by atoms with Crippen LogP contribution in [0.15, 0.2) is 47.4 Å². The molecule has 0 amide bonds. The second kappa shape index (κ2) is 5.67. The molecule has 2 N–H and O–H groups in total. The van der Waals surface area contributed by atoms with Gasteiger partial charge in [0.2, 0.25) is 0 Å². The summed E-state index contributed by atoms with van der Waals surface area (Å²) in [5, 5.41) is 1.48. The van der Waals surface area contributed by atoms with Crippen LogP contribution in [-0.4, -0.2) is 0 Å². The van der Waals surface area contributed by atoms with Crippen molar-refractivity contribution in [1.29, 1.82) is 0 Å². The van der Waals surface area contributed by atoms with E-state index in [9.17, 15) is 0 Å². The van der Waals surface area contributed by atoms with Crippen molar-refractivity contribution in [2.24, 2.45) is 0 Å². The Morgan fingerprint density at radius 3 is 2.65 bits per heavy atom. The number of thioether (sulfide) groups is 1. The quantitative estimate of drug-likeness (QED) is 0.643. The molecule has 0 bridgehead atoms. The number of rotatable bonds is 3. The van der Waals surface area contributed by atoms with E-state index in [1.54, 1.807) is 17.8 Å². The third-order valence-electron chi connectivity index (χ3n) is 2.24. The van der Waals surface area contributed by atoms with Crippen LogP contribution in [0.2, 0.25) is 10.0 Å². The molecule has 0 unspecified atom stereocenters. The summed E-state index contributed by atoms with van der Waals surface area (Å²) < 4.78 is 0. The molecule has 0 radical (unpaired) electrons. The molecule has 2 aromatic carbocycles. The van der Waals surface area contributed by atoms with Crippen molar-refractivity contribution in [2.45, 2.75) is 10.6 Å². The van der Waals surface area contributed by atoms with E-state index in [2.05, 4.69) is 0 Å². The molecule has 1 nitrogen and oxygen atoms in total. The van der Waals surface area contributed by atoms with Crippen molar-refractivity contribution in [3.63, 3.8) is 0 Å². The number of nitrogens with two attached hydrogens (primary N) is 1. The molecule has 0 aliphatic carbocycles. The van der Waals surface area contributed by atoms with E-state index in [1.807, 2.05) is 36.4 Å². The molecule has 0 heterocycles. The summed E-state index contributed by atoms with van der Waals surface area (Å²) in [6.07, 6.45) is 0. The molecule has 0 atom stereocenters. The van der Waals surface area contributed by atoms with Crippen LogP contribution in [0.1, 0.15) is 5.56 Å².